The number of carboxylic acids is 1. The van der Waals surface area contributed by atoms with E-state index >= 15 is 0 Å². The van der Waals surface area contributed by atoms with Crippen LogP contribution in [-0.4, -0.2) is 39.3 Å². The van der Waals surface area contributed by atoms with E-state index in [1.807, 2.05) is 0 Å². The van der Waals surface area contributed by atoms with Crippen LogP contribution in [0.25, 0.3) is 0 Å². The Morgan fingerprint density at radius 2 is 2.11 bits per heavy atom. The SMILES string of the molecule is CC(=O)c1ccc2c(c1)N(CC(=O)O)C(=O)CS2=O. The van der Waals surface area contributed by atoms with Crippen molar-refractivity contribution in [1.82, 2.24) is 0 Å². The molecule has 0 fully saturated rings. The van der Waals surface area contributed by atoms with Crippen molar-refractivity contribution < 1.29 is 23.7 Å². The fourth-order valence-electron chi connectivity index (χ4n) is 1.85. The normalized spacial score (nSPS) is 18.1. The van der Waals surface area contributed by atoms with E-state index in [-0.39, 0.29) is 17.2 Å². The van der Waals surface area contributed by atoms with Gasteiger partial charge >= 0.3 is 5.97 Å². The molecule has 7 heteroatoms. The summed E-state index contributed by atoms with van der Waals surface area (Å²) in [7, 11) is -1.50. The highest BCUT2D eigenvalue weighted by Gasteiger charge is 2.30. The molecule has 1 aliphatic heterocycles. The minimum atomic E-state index is -1.50. The Kier molecular flexibility index (Phi) is 3.48. The molecule has 1 amide bonds. The van der Waals surface area contributed by atoms with Gasteiger partial charge in [0.1, 0.15) is 12.3 Å². The van der Waals surface area contributed by atoms with E-state index in [1.54, 1.807) is 0 Å². The lowest BCUT2D eigenvalue weighted by Crippen LogP contribution is -2.42. The lowest BCUT2D eigenvalue weighted by atomic mass is 10.1. The number of benzene rings is 1. The molecule has 2 rings (SSSR count). The number of hydrogen-bond donors (Lipinski definition) is 1. The molecule has 1 aromatic carbocycles. The lowest BCUT2D eigenvalue weighted by Gasteiger charge is -2.27. The molecule has 1 heterocycles. The number of carboxylic acid groups (broad SMARTS) is 1. The zero-order chi connectivity index (χ0) is 14.2. The van der Waals surface area contributed by atoms with Crippen molar-refractivity contribution in [3.63, 3.8) is 0 Å². The highest BCUT2D eigenvalue weighted by atomic mass is 32.2. The molecular formula is C12H11NO5S. The molecule has 1 aromatic rings. The number of carbonyl (C=O) groups is 3. The van der Waals surface area contributed by atoms with Gasteiger partial charge in [-0.2, -0.15) is 0 Å². The number of nitrogens with zero attached hydrogens (tertiary/aromatic N) is 1. The summed E-state index contributed by atoms with van der Waals surface area (Å²) in [5.74, 6) is -2.13. The third-order valence-electron chi connectivity index (χ3n) is 2.75. The van der Waals surface area contributed by atoms with Gasteiger partial charge in [-0.15, -0.1) is 0 Å². The second-order valence-corrected chi connectivity index (χ2v) is 5.52. The number of aliphatic carboxylic acids is 1. The molecule has 0 radical (unpaired) electrons. The van der Waals surface area contributed by atoms with Crippen LogP contribution in [0.1, 0.15) is 17.3 Å². The maximum absolute atomic E-state index is 11.8. The summed E-state index contributed by atoms with van der Waals surface area (Å²) in [6.45, 7) is 0.856. The number of fused-ring (bicyclic) bond motifs is 1. The first kappa shape index (κ1) is 13.4. The van der Waals surface area contributed by atoms with E-state index in [9.17, 15) is 18.6 Å². The summed E-state index contributed by atoms with van der Waals surface area (Å²) >= 11 is 0. The van der Waals surface area contributed by atoms with Gasteiger partial charge in [0, 0.05) is 5.56 Å². The summed E-state index contributed by atoms with van der Waals surface area (Å²) in [6, 6.07) is 4.44. The molecule has 1 N–H and O–H groups in total. The van der Waals surface area contributed by atoms with E-state index in [2.05, 4.69) is 0 Å². The van der Waals surface area contributed by atoms with Gasteiger partial charge in [0.25, 0.3) is 0 Å². The second kappa shape index (κ2) is 4.93. The van der Waals surface area contributed by atoms with Crippen molar-refractivity contribution >= 4 is 34.1 Å². The number of rotatable bonds is 3. The zero-order valence-electron chi connectivity index (χ0n) is 10.1. The minimum Gasteiger partial charge on any atom is -0.480 e. The smallest absolute Gasteiger partial charge is 0.323 e. The summed E-state index contributed by atoms with van der Waals surface area (Å²) in [6.07, 6.45) is 0. The van der Waals surface area contributed by atoms with Gasteiger partial charge in [-0.1, -0.05) is 6.07 Å². The van der Waals surface area contributed by atoms with Crippen molar-refractivity contribution in [2.75, 3.05) is 17.2 Å². The number of Topliss-reactive ketones (excluding diaryl/α,β-unsaturated/α-hetero) is 1. The number of ketones is 1. The molecule has 0 spiro atoms. The molecule has 1 atom stereocenters. The van der Waals surface area contributed by atoms with Gasteiger partial charge in [-0.05, 0) is 19.1 Å². The molecule has 100 valence electrons. The molecule has 0 saturated carbocycles. The molecule has 1 unspecified atom stereocenters. The van der Waals surface area contributed by atoms with E-state index < -0.39 is 29.2 Å². The predicted octanol–water partition coefficient (Wildman–Crippen LogP) is 0.428. The summed E-state index contributed by atoms with van der Waals surface area (Å²) < 4.78 is 11.8. The van der Waals surface area contributed by atoms with Crippen LogP contribution in [0.3, 0.4) is 0 Å². The predicted molar refractivity (Wildman–Crippen MR) is 67.7 cm³/mol. The first-order valence-corrected chi connectivity index (χ1v) is 6.77. The van der Waals surface area contributed by atoms with E-state index in [4.69, 9.17) is 5.11 Å². The standard InChI is InChI=1S/C12H11NO5S/c1-7(14)8-2-3-10-9(4-8)13(5-12(16)17)11(15)6-19(10)18/h2-4H,5-6H2,1H3,(H,16,17). The van der Waals surface area contributed by atoms with E-state index in [0.29, 0.717) is 10.5 Å². The van der Waals surface area contributed by atoms with Crippen LogP contribution in [-0.2, 0) is 20.4 Å². The number of carbonyl (C=O) groups excluding carboxylic acids is 2. The molecule has 0 aliphatic carbocycles. The average molecular weight is 281 g/mol. The van der Waals surface area contributed by atoms with Crippen molar-refractivity contribution in [2.24, 2.45) is 0 Å². The van der Waals surface area contributed by atoms with Gasteiger partial charge in [0.05, 0.1) is 21.4 Å². The third kappa shape index (κ3) is 2.55. The van der Waals surface area contributed by atoms with Crippen LogP contribution in [0.2, 0.25) is 0 Å². The maximum atomic E-state index is 11.8. The third-order valence-corrected chi connectivity index (χ3v) is 4.10. The summed E-state index contributed by atoms with van der Waals surface area (Å²) in [5.41, 5.74) is 0.588. The Morgan fingerprint density at radius 3 is 2.68 bits per heavy atom. The van der Waals surface area contributed by atoms with Crippen LogP contribution in [0, 0.1) is 0 Å². The first-order chi connectivity index (χ1) is 8.90. The van der Waals surface area contributed by atoms with Crippen LogP contribution in [0.15, 0.2) is 23.1 Å². The fourth-order valence-corrected chi connectivity index (χ4v) is 3.01. The molecule has 0 bridgehead atoms. The summed E-state index contributed by atoms with van der Waals surface area (Å²) in [5, 5.41) is 8.82. The van der Waals surface area contributed by atoms with Crippen molar-refractivity contribution in [3.8, 4) is 0 Å². The zero-order valence-corrected chi connectivity index (χ0v) is 10.9. The number of amides is 1. The van der Waals surface area contributed by atoms with Crippen molar-refractivity contribution in [3.05, 3.63) is 23.8 Å². The first-order valence-electron chi connectivity index (χ1n) is 5.45. The maximum Gasteiger partial charge on any atom is 0.323 e. The Labute approximate surface area is 111 Å². The largest absolute Gasteiger partial charge is 0.480 e. The Bertz CT molecular complexity index is 610. The Balaban J connectivity index is 2.55. The van der Waals surface area contributed by atoms with E-state index in [0.717, 1.165) is 4.90 Å². The van der Waals surface area contributed by atoms with Gasteiger partial charge in [-0.25, -0.2) is 0 Å². The number of hydrogen-bond acceptors (Lipinski definition) is 4. The molecule has 19 heavy (non-hydrogen) atoms. The molecular weight excluding hydrogens is 270 g/mol. The Morgan fingerprint density at radius 1 is 1.42 bits per heavy atom. The van der Waals surface area contributed by atoms with Crippen LogP contribution < -0.4 is 4.90 Å². The van der Waals surface area contributed by atoms with Crippen molar-refractivity contribution in [1.29, 1.82) is 0 Å². The van der Waals surface area contributed by atoms with Gasteiger partial charge < -0.3 is 5.11 Å². The highest BCUT2D eigenvalue weighted by Crippen LogP contribution is 2.30. The van der Waals surface area contributed by atoms with Crippen LogP contribution in [0.4, 0.5) is 5.69 Å². The van der Waals surface area contributed by atoms with Gasteiger partial charge in [0.15, 0.2) is 5.78 Å². The molecule has 1 aliphatic rings. The summed E-state index contributed by atoms with van der Waals surface area (Å²) in [4.78, 5) is 35.3. The fraction of sp³-hybridized carbons (Fsp3) is 0.250. The van der Waals surface area contributed by atoms with Crippen LogP contribution >= 0.6 is 0 Å². The van der Waals surface area contributed by atoms with Crippen LogP contribution in [0.5, 0.6) is 0 Å². The number of anilines is 1. The highest BCUT2D eigenvalue weighted by molar-refractivity contribution is 7.86. The molecule has 0 aromatic heterocycles. The average Bonchev–Trinajstić information content (AvgIpc) is 2.33. The molecule has 0 saturated heterocycles. The lowest BCUT2D eigenvalue weighted by molar-refractivity contribution is -0.136. The van der Waals surface area contributed by atoms with Gasteiger partial charge in [0.2, 0.25) is 5.91 Å². The monoisotopic (exact) mass is 281 g/mol. The topological polar surface area (TPSA) is 91.8 Å². The quantitative estimate of drug-likeness (QED) is 0.811. The minimum absolute atomic E-state index is 0.207. The van der Waals surface area contributed by atoms with E-state index in [1.165, 1.54) is 25.1 Å². The molecule has 6 nitrogen and oxygen atoms in total. The van der Waals surface area contributed by atoms with Gasteiger partial charge in [-0.3, -0.25) is 23.5 Å². The Hall–Kier alpha value is -2.02. The van der Waals surface area contributed by atoms with Crippen molar-refractivity contribution in [2.45, 2.75) is 11.8 Å². The second-order valence-electron chi connectivity index (χ2n) is 4.10.